The SMILES string of the molecule is CC(C)c1nc2c(CS(=O)(=O)Cl)cccc2s1. The number of hydrogen-bond donors (Lipinski definition) is 0. The van der Waals surface area contributed by atoms with Crippen LogP contribution in [0.3, 0.4) is 0 Å². The number of aromatic nitrogens is 1. The monoisotopic (exact) mass is 289 g/mol. The van der Waals surface area contributed by atoms with Gasteiger partial charge in [0.05, 0.1) is 21.0 Å². The van der Waals surface area contributed by atoms with E-state index in [1.807, 2.05) is 12.1 Å². The summed E-state index contributed by atoms with van der Waals surface area (Å²) in [7, 11) is 1.74. The molecule has 0 aliphatic rings. The molecule has 1 aromatic carbocycles. The Labute approximate surface area is 109 Å². The molecule has 92 valence electrons. The second-order valence-corrected chi connectivity index (χ2v) is 7.99. The van der Waals surface area contributed by atoms with E-state index in [0.717, 1.165) is 15.2 Å². The summed E-state index contributed by atoms with van der Waals surface area (Å²) in [6.07, 6.45) is 0. The molecular weight excluding hydrogens is 278 g/mol. The Bertz CT molecular complexity index is 647. The van der Waals surface area contributed by atoms with Crippen molar-refractivity contribution in [2.24, 2.45) is 0 Å². The van der Waals surface area contributed by atoms with E-state index in [0.29, 0.717) is 11.5 Å². The molecule has 1 heterocycles. The smallest absolute Gasteiger partial charge is 0.236 e. The molecule has 0 radical (unpaired) electrons. The molecule has 0 atom stereocenters. The van der Waals surface area contributed by atoms with Crippen LogP contribution in [0.25, 0.3) is 10.2 Å². The summed E-state index contributed by atoms with van der Waals surface area (Å²) in [5, 5.41) is 1.01. The van der Waals surface area contributed by atoms with Crippen LogP contribution in [0.2, 0.25) is 0 Å². The van der Waals surface area contributed by atoms with Crippen molar-refractivity contribution >= 4 is 41.3 Å². The van der Waals surface area contributed by atoms with E-state index >= 15 is 0 Å². The van der Waals surface area contributed by atoms with Gasteiger partial charge in [0.25, 0.3) is 0 Å². The first-order valence-electron chi connectivity index (χ1n) is 5.17. The lowest BCUT2D eigenvalue weighted by Gasteiger charge is -1.98. The van der Waals surface area contributed by atoms with Gasteiger partial charge in [-0.25, -0.2) is 13.4 Å². The largest absolute Gasteiger partial charge is 0.241 e. The molecule has 2 rings (SSSR count). The lowest BCUT2D eigenvalue weighted by atomic mass is 10.2. The minimum Gasteiger partial charge on any atom is -0.241 e. The highest BCUT2D eigenvalue weighted by Crippen LogP contribution is 2.30. The molecule has 0 saturated heterocycles. The van der Waals surface area contributed by atoms with E-state index in [-0.39, 0.29) is 5.75 Å². The zero-order valence-corrected chi connectivity index (χ0v) is 11.9. The van der Waals surface area contributed by atoms with Crippen molar-refractivity contribution in [1.29, 1.82) is 0 Å². The van der Waals surface area contributed by atoms with Crippen LogP contribution in [0.4, 0.5) is 0 Å². The second-order valence-electron chi connectivity index (χ2n) is 4.15. The van der Waals surface area contributed by atoms with Crippen molar-refractivity contribution in [3.05, 3.63) is 28.8 Å². The summed E-state index contributed by atoms with van der Waals surface area (Å²) in [6, 6.07) is 5.54. The molecule has 0 fully saturated rings. The zero-order valence-electron chi connectivity index (χ0n) is 9.47. The van der Waals surface area contributed by atoms with Crippen LogP contribution in [0.5, 0.6) is 0 Å². The van der Waals surface area contributed by atoms with Gasteiger partial charge in [-0.3, -0.25) is 0 Å². The number of thiazole rings is 1. The number of halogens is 1. The number of fused-ring (bicyclic) bond motifs is 1. The maximum absolute atomic E-state index is 11.1. The number of nitrogens with zero attached hydrogens (tertiary/aromatic N) is 1. The number of para-hydroxylation sites is 1. The molecular formula is C11H12ClNO2S2. The van der Waals surface area contributed by atoms with Crippen molar-refractivity contribution < 1.29 is 8.42 Å². The van der Waals surface area contributed by atoms with E-state index < -0.39 is 9.05 Å². The van der Waals surface area contributed by atoms with Gasteiger partial charge in [0.1, 0.15) is 0 Å². The Balaban J connectivity index is 2.57. The summed E-state index contributed by atoms with van der Waals surface area (Å²) < 4.78 is 23.3. The van der Waals surface area contributed by atoms with Gasteiger partial charge in [-0.1, -0.05) is 26.0 Å². The fraction of sp³-hybridized carbons (Fsp3) is 0.364. The molecule has 0 saturated carbocycles. The fourth-order valence-corrected chi connectivity index (χ4v) is 3.55. The Hall–Kier alpha value is -0.650. The van der Waals surface area contributed by atoms with Crippen LogP contribution < -0.4 is 0 Å². The highest BCUT2D eigenvalue weighted by molar-refractivity contribution is 8.13. The average molecular weight is 290 g/mol. The molecule has 0 unspecified atom stereocenters. The molecule has 0 amide bonds. The average Bonchev–Trinajstić information content (AvgIpc) is 2.60. The Morgan fingerprint density at radius 1 is 1.41 bits per heavy atom. The van der Waals surface area contributed by atoms with Gasteiger partial charge in [-0.05, 0) is 11.6 Å². The van der Waals surface area contributed by atoms with Crippen LogP contribution in [-0.2, 0) is 14.8 Å². The summed E-state index contributed by atoms with van der Waals surface area (Å²) in [4.78, 5) is 4.49. The van der Waals surface area contributed by atoms with Gasteiger partial charge < -0.3 is 0 Å². The second kappa shape index (κ2) is 4.55. The minimum atomic E-state index is -3.54. The van der Waals surface area contributed by atoms with Crippen LogP contribution in [0, 0.1) is 0 Å². The third-order valence-corrected chi connectivity index (χ3v) is 4.65. The Kier molecular flexibility index (Phi) is 3.43. The summed E-state index contributed by atoms with van der Waals surface area (Å²) in [5.74, 6) is 0.167. The summed E-state index contributed by atoms with van der Waals surface area (Å²) >= 11 is 1.60. The van der Waals surface area contributed by atoms with Gasteiger partial charge in [-0.15, -0.1) is 11.3 Å². The van der Waals surface area contributed by atoms with Gasteiger partial charge in [0.15, 0.2) is 0 Å². The molecule has 2 aromatic rings. The first kappa shape index (κ1) is 12.8. The van der Waals surface area contributed by atoms with Crippen molar-refractivity contribution in [1.82, 2.24) is 4.98 Å². The number of rotatable bonds is 3. The van der Waals surface area contributed by atoms with Crippen LogP contribution in [0.1, 0.15) is 30.3 Å². The third kappa shape index (κ3) is 2.97. The van der Waals surface area contributed by atoms with Gasteiger partial charge >= 0.3 is 0 Å². The molecule has 0 bridgehead atoms. The number of benzene rings is 1. The molecule has 0 aliphatic carbocycles. The van der Waals surface area contributed by atoms with Crippen molar-refractivity contribution in [3.8, 4) is 0 Å². The first-order chi connectivity index (χ1) is 7.87. The predicted octanol–water partition coefficient (Wildman–Crippen LogP) is 3.49. The molecule has 0 N–H and O–H groups in total. The first-order valence-corrected chi connectivity index (χ1v) is 8.47. The standard InChI is InChI=1S/C11H12ClNO2S2/c1-7(2)11-13-10-8(6-17(12,14)15)4-3-5-9(10)16-11/h3-5,7H,6H2,1-2H3. The van der Waals surface area contributed by atoms with Crippen LogP contribution in [0.15, 0.2) is 18.2 Å². The predicted molar refractivity (Wildman–Crippen MR) is 72.2 cm³/mol. The minimum absolute atomic E-state index is 0.173. The molecule has 6 heteroatoms. The van der Waals surface area contributed by atoms with E-state index in [9.17, 15) is 8.42 Å². The van der Waals surface area contributed by atoms with Crippen molar-refractivity contribution in [2.75, 3.05) is 0 Å². The normalized spacial score (nSPS) is 12.5. The summed E-state index contributed by atoms with van der Waals surface area (Å²) in [6.45, 7) is 4.13. The van der Waals surface area contributed by atoms with Crippen molar-refractivity contribution in [2.45, 2.75) is 25.5 Å². The third-order valence-electron chi connectivity index (χ3n) is 2.34. The lowest BCUT2D eigenvalue weighted by molar-refractivity contribution is 0.609. The highest BCUT2D eigenvalue weighted by atomic mass is 35.7. The maximum atomic E-state index is 11.1. The van der Waals surface area contributed by atoms with E-state index in [1.165, 1.54) is 0 Å². The van der Waals surface area contributed by atoms with Crippen LogP contribution >= 0.6 is 22.0 Å². The van der Waals surface area contributed by atoms with E-state index in [4.69, 9.17) is 10.7 Å². The molecule has 0 spiro atoms. The van der Waals surface area contributed by atoms with Gasteiger partial charge in [0.2, 0.25) is 9.05 Å². The molecule has 17 heavy (non-hydrogen) atoms. The van der Waals surface area contributed by atoms with Gasteiger partial charge in [0, 0.05) is 16.6 Å². The molecule has 3 nitrogen and oxygen atoms in total. The zero-order chi connectivity index (χ0) is 12.6. The fourth-order valence-electron chi connectivity index (χ4n) is 1.57. The van der Waals surface area contributed by atoms with E-state index in [2.05, 4.69) is 18.8 Å². The molecule has 1 aromatic heterocycles. The van der Waals surface area contributed by atoms with E-state index in [1.54, 1.807) is 17.4 Å². The number of hydrogen-bond acceptors (Lipinski definition) is 4. The van der Waals surface area contributed by atoms with Crippen LogP contribution in [-0.4, -0.2) is 13.4 Å². The molecule has 0 aliphatic heterocycles. The topological polar surface area (TPSA) is 47.0 Å². The quantitative estimate of drug-likeness (QED) is 0.813. The van der Waals surface area contributed by atoms with Gasteiger partial charge in [-0.2, -0.15) is 0 Å². The lowest BCUT2D eigenvalue weighted by Crippen LogP contribution is -1.96. The summed E-state index contributed by atoms with van der Waals surface area (Å²) in [5.41, 5.74) is 1.42. The van der Waals surface area contributed by atoms with Crippen molar-refractivity contribution in [3.63, 3.8) is 0 Å². The maximum Gasteiger partial charge on any atom is 0.236 e. The Morgan fingerprint density at radius 2 is 2.12 bits per heavy atom. The Morgan fingerprint density at radius 3 is 2.71 bits per heavy atom. The highest BCUT2D eigenvalue weighted by Gasteiger charge is 2.14.